The number of nitriles is 1. The van der Waals surface area contributed by atoms with Crippen molar-refractivity contribution in [1.82, 2.24) is 5.32 Å². The quantitative estimate of drug-likeness (QED) is 0.850. The Morgan fingerprint density at radius 1 is 1.42 bits per heavy atom. The molecule has 1 heterocycles. The minimum absolute atomic E-state index is 0.235. The second kappa shape index (κ2) is 5.10. The molecule has 1 aromatic rings. The van der Waals surface area contributed by atoms with Gasteiger partial charge in [-0.15, -0.1) is 0 Å². The van der Waals surface area contributed by atoms with Crippen molar-refractivity contribution in [3.63, 3.8) is 0 Å². The van der Waals surface area contributed by atoms with Crippen LogP contribution in [-0.4, -0.2) is 25.7 Å². The van der Waals surface area contributed by atoms with Crippen molar-refractivity contribution in [3.05, 3.63) is 29.3 Å². The molecule has 19 heavy (non-hydrogen) atoms. The van der Waals surface area contributed by atoms with Gasteiger partial charge in [0.1, 0.15) is 0 Å². The molecule has 1 aliphatic rings. The molecule has 6 heteroatoms. The Kier molecular flexibility index (Phi) is 3.67. The van der Waals surface area contributed by atoms with E-state index in [1.165, 1.54) is 6.07 Å². The van der Waals surface area contributed by atoms with Crippen LogP contribution in [0.25, 0.3) is 0 Å². The predicted molar refractivity (Wildman–Crippen MR) is 65.8 cm³/mol. The minimum Gasteiger partial charge on any atom is -0.369 e. The molecule has 1 aromatic carbocycles. The molecular formula is C13H14F3N3. The molecule has 1 aliphatic heterocycles. The van der Waals surface area contributed by atoms with E-state index in [9.17, 15) is 13.2 Å². The van der Waals surface area contributed by atoms with Crippen LogP contribution in [0.1, 0.15) is 18.1 Å². The summed E-state index contributed by atoms with van der Waals surface area (Å²) in [5.41, 5.74) is -0.683. The number of anilines is 1. The van der Waals surface area contributed by atoms with Crippen molar-refractivity contribution < 1.29 is 13.2 Å². The van der Waals surface area contributed by atoms with Crippen LogP contribution in [-0.2, 0) is 6.18 Å². The third-order valence-corrected chi connectivity index (χ3v) is 3.16. The first-order valence-electron chi connectivity index (χ1n) is 6.01. The number of halogens is 3. The van der Waals surface area contributed by atoms with Gasteiger partial charge in [-0.05, 0) is 25.1 Å². The maximum atomic E-state index is 12.9. The molecule has 0 amide bonds. The fourth-order valence-corrected chi connectivity index (χ4v) is 2.23. The minimum atomic E-state index is -4.50. The lowest BCUT2D eigenvalue weighted by Crippen LogP contribution is -2.49. The average Bonchev–Trinajstić information content (AvgIpc) is 2.37. The number of alkyl halides is 3. The van der Waals surface area contributed by atoms with E-state index in [1.54, 1.807) is 12.1 Å². The Morgan fingerprint density at radius 2 is 2.16 bits per heavy atom. The molecule has 1 saturated heterocycles. The fraction of sp³-hybridized carbons (Fsp3) is 0.462. The molecule has 1 unspecified atom stereocenters. The SMILES string of the molecule is CC1CN(c2ccc(C#N)c(C(F)(F)F)c2)CCN1. The van der Waals surface area contributed by atoms with Gasteiger partial charge in [-0.3, -0.25) is 0 Å². The second-order valence-electron chi connectivity index (χ2n) is 4.64. The molecule has 0 aliphatic carbocycles. The summed E-state index contributed by atoms with van der Waals surface area (Å²) in [6.07, 6.45) is -4.50. The lowest BCUT2D eigenvalue weighted by molar-refractivity contribution is -0.137. The van der Waals surface area contributed by atoms with Gasteiger partial charge in [-0.25, -0.2) is 0 Å². The monoisotopic (exact) mass is 269 g/mol. The molecular weight excluding hydrogens is 255 g/mol. The zero-order valence-corrected chi connectivity index (χ0v) is 10.5. The molecule has 0 radical (unpaired) electrons. The van der Waals surface area contributed by atoms with E-state index in [1.807, 2.05) is 11.8 Å². The lowest BCUT2D eigenvalue weighted by atomic mass is 10.1. The number of hydrogen-bond donors (Lipinski definition) is 1. The highest BCUT2D eigenvalue weighted by Crippen LogP contribution is 2.34. The Morgan fingerprint density at radius 3 is 2.74 bits per heavy atom. The van der Waals surface area contributed by atoms with E-state index in [2.05, 4.69) is 5.32 Å². The van der Waals surface area contributed by atoms with Crippen LogP contribution in [0.3, 0.4) is 0 Å². The number of rotatable bonds is 1. The first kappa shape index (κ1) is 13.7. The highest BCUT2D eigenvalue weighted by atomic mass is 19.4. The van der Waals surface area contributed by atoms with Gasteiger partial charge in [0.05, 0.1) is 17.2 Å². The Labute approximate surface area is 109 Å². The molecule has 0 bridgehead atoms. The largest absolute Gasteiger partial charge is 0.417 e. The topological polar surface area (TPSA) is 39.1 Å². The third kappa shape index (κ3) is 2.99. The number of nitrogens with zero attached hydrogens (tertiary/aromatic N) is 2. The summed E-state index contributed by atoms with van der Waals surface area (Å²) < 4.78 is 38.6. The maximum absolute atomic E-state index is 12.9. The van der Waals surface area contributed by atoms with Crippen LogP contribution in [0.15, 0.2) is 18.2 Å². The van der Waals surface area contributed by atoms with Gasteiger partial charge < -0.3 is 10.2 Å². The van der Waals surface area contributed by atoms with E-state index < -0.39 is 11.7 Å². The molecule has 1 atom stereocenters. The van der Waals surface area contributed by atoms with Gasteiger partial charge in [0.2, 0.25) is 0 Å². The Balaban J connectivity index is 2.35. The molecule has 1 N–H and O–H groups in total. The smallest absolute Gasteiger partial charge is 0.369 e. The number of nitrogens with one attached hydrogen (secondary N) is 1. The van der Waals surface area contributed by atoms with Crippen LogP contribution >= 0.6 is 0 Å². The summed E-state index contributed by atoms with van der Waals surface area (Å²) in [7, 11) is 0. The van der Waals surface area contributed by atoms with Gasteiger partial charge in [-0.1, -0.05) is 0 Å². The first-order valence-corrected chi connectivity index (χ1v) is 6.01. The fourth-order valence-electron chi connectivity index (χ4n) is 2.23. The van der Waals surface area contributed by atoms with Crippen LogP contribution in [0.4, 0.5) is 18.9 Å². The number of hydrogen-bond acceptors (Lipinski definition) is 3. The maximum Gasteiger partial charge on any atom is 0.417 e. The highest BCUT2D eigenvalue weighted by Gasteiger charge is 2.34. The van der Waals surface area contributed by atoms with Gasteiger partial charge in [0, 0.05) is 31.4 Å². The standard InChI is InChI=1S/C13H14F3N3/c1-9-8-19(5-4-18-9)11-3-2-10(7-17)12(6-11)13(14,15)16/h2-3,6,9,18H,4-5,8H2,1H3. The summed E-state index contributed by atoms with van der Waals surface area (Å²) in [6, 6.07) is 5.71. The predicted octanol–water partition coefficient (Wildman–Crippen LogP) is 2.38. The number of piperazine rings is 1. The Hall–Kier alpha value is -1.74. The van der Waals surface area contributed by atoms with Gasteiger partial charge in [-0.2, -0.15) is 18.4 Å². The Bertz CT molecular complexity index is 505. The third-order valence-electron chi connectivity index (χ3n) is 3.16. The van der Waals surface area contributed by atoms with Gasteiger partial charge >= 0.3 is 6.18 Å². The molecule has 2 rings (SSSR count). The summed E-state index contributed by atoms with van der Waals surface area (Å²) in [5, 5.41) is 12.0. The van der Waals surface area contributed by atoms with Gasteiger partial charge in [0.15, 0.2) is 0 Å². The summed E-state index contributed by atoms with van der Waals surface area (Å²) in [5.74, 6) is 0. The van der Waals surface area contributed by atoms with E-state index in [-0.39, 0.29) is 11.6 Å². The summed E-state index contributed by atoms with van der Waals surface area (Å²) >= 11 is 0. The van der Waals surface area contributed by atoms with Crippen molar-refractivity contribution >= 4 is 5.69 Å². The van der Waals surface area contributed by atoms with Crippen molar-refractivity contribution in [2.45, 2.75) is 19.1 Å². The molecule has 0 aromatic heterocycles. The highest BCUT2D eigenvalue weighted by molar-refractivity contribution is 5.55. The van der Waals surface area contributed by atoms with Crippen LogP contribution in [0, 0.1) is 11.3 Å². The molecule has 0 saturated carbocycles. The summed E-state index contributed by atoms with van der Waals surface area (Å²) in [6.45, 7) is 4.04. The van der Waals surface area contributed by atoms with Crippen LogP contribution in [0.5, 0.6) is 0 Å². The molecule has 3 nitrogen and oxygen atoms in total. The zero-order chi connectivity index (χ0) is 14.0. The van der Waals surface area contributed by atoms with E-state index in [0.29, 0.717) is 18.8 Å². The van der Waals surface area contributed by atoms with Crippen molar-refractivity contribution in [2.75, 3.05) is 24.5 Å². The molecule has 0 spiro atoms. The second-order valence-corrected chi connectivity index (χ2v) is 4.64. The number of benzene rings is 1. The van der Waals surface area contributed by atoms with Crippen LogP contribution < -0.4 is 10.2 Å². The van der Waals surface area contributed by atoms with E-state index >= 15 is 0 Å². The summed E-state index contributed by atoms with van der Waals surface area (Å²) in [4.78, 5) is 1.90. The van der Waals surface area contributed by atoms with Crippen molar-refractivity contribution in [3.8, 4) is 6.07 Å². The van der Waals surface area contributed by atoms with Crippen molar-refractivity contribution in [2.24, 2.45) is 0 Å². The average molecular weight is 269 g/mol. The first-order chi connectivity index (χ1) is 8.91. The normalized spacial score (nSPS) is 20.2. The molecule has 102 valence electrons. The van der Waals surface area contributed by atoms with E-state index in [0.717, 1.165) is 12.6 Å². The molecule has 1 fully saturated rings. The van der Waals surface area contributed by atoms with Crippen LogP contribution in [0.2, 0.25) is 0 Å². The van der Waals surface area contributed by atoms with E-state index in [4.69, 9.17) is 5.26 Å². The lowest BCUT2D eigenvalue weighted by Gasteiger charge is -2.34. The zero-order valence-electron chi connectivity index (χ0n) is 10.5. The van der Waals surface area contributed by atoms with Crippen molar-refractivity contribution in [1.29, 1.82) is 5.26 Å². The van der Waals surface area contributed by atoms with Gasteiger partial charge in [0.25, 0.3) is 0 Å².